The van der Waals surface area contributed by atoms with E-state index in [0.717, 1.165) is 27.6 Å². The maximum atomic E-state index is 3.61. The Morgan fingerprint density at radius 2 is 1.26 bits per heavy atom. The van der Waals surface area contributed by atoms with Gasteiger partial charge in [0.05, 0.1) is 5.35 Å². The molecule has 0 spiro atoms. The quantitative estimate of drug-likeness (QED) is 0.395. The molecule has 0 bridgehead atoms. The van der Waals surface area contributed by atoms with Gasteiger partial charge >= 0.3 is 0 Å². The third-order valence-corrected chi connectivity index (χ3v) is 5.22. The van der Waals surface area contributed by atoms with Gasteiger partial charge in [-0.1, -0.05) is 96.7 Å². The highest BCUT2D eigenvalue weighted by Gasteiger charge is 2.09. The number of benzene rings is 3. The summed E-state index contributed by atoms with van der Waals surface area (Å²) in [6.07, 6.45) is 4.15. The van der Waals surface area contributed by atoms with Crippen LogP contribution in [0.1, 0.15) is 11.3 Å². The Labute approximate surface area is 181 Å². The van der Waals surface area contributed by atoms with Gasteiger partial charge in [-0.15, -0.1) is 0 Å². The first-order valence-electron chi connectivity index (χ1n) is 10.4. The Morgan fingerprint density at radius 1 is 0.613 bits per heavy atom. The van der Waals surface area contributed by atoms with E-state index in [0.29, 0.717) is 0 Å². The maximum absolute atomic E-state index is 3.61. The molecule has 0 saturated carbocycles. The molecule has 2 heterocycles. The molecule has 31 heavy (non-hydrogen) atoms. The number of hydrogen-bond donors (Lipinski definition) is 2. The minimum absolute atomic E-state index is 0.950. The Balaban J connectivity index is 1.59. The van der Waals surface area contributed by atoms with Crippen LogP contribution >= 0.6 is 0 Å². The van der Waals surface area contributed by atoms with E-state index in [1.807, 2.05) is 36.4 Å². The predicted molar refractivity (Wildman–Crippen MR) is 130 cm³/mol. The van der Waals surface area contributed by atoms with Crippen LogP contribution in [0, 0.1) is 0 Å². The maximum Gasteiger partial charge on any atom is 0.0818 e. The highest BCUT2D eigenvalue weighted by Crippen LogP contribution is 2.30. The van der Waals surface area contributed by atoms with Gasteiger partial charge < -0.3 is 9.97 Å². The third-order valence-electron chi connectivity index (χ3n) is 5.22. The van der Waals surface area contributed by atoms with Crippen molar-refractivity contribution in [2.75, 3.05) is 0 Å². The molecule has 0 radical (unpaired) electrons. The monoisotopic (exact) mass is 398 g/mol. The van der Waals surface area contributed by atoms with Crippen molar-refractivity contribution >= 4 is 17.9 Å². The second kappa shape index (κ2) is 8.62. The first-order chi connectivity index (χ1) is 15.3. The summed E-state index contributed by atoms with van der Waals surface area (Å²) >= 11 is 0. The second-order valence-corrected chi connectivity index (χ2v) is 7.41. The Hall–Kier alpha value is -4.26. The molecule has 2 heteroatoms. The molecule has 0 aliphatic heterocycles. The number of H-pyrrole nitrogens is 2. The number of aromatic amines is 2. The lowest BCUT2D eigenvalue weighted by Gasteiger charge is -1.99. The van der Waals surface area contributed by atoms with Crippen molar-refractivity contribution in [2.45, 2.75) is 0 Å². The molecular weight excluding hydrogens is 376 g/mol. The van der Waals surface area contributed by atoms with Gasteiger partial charge in [0, 0.05) is 22.3 Å². The summed E-state index contributed by atoms with van der Waals surface area (Å²) < 4.78 is 0. The van der Waals surface area contributed by atoms with Gasteiger partial charge in [-0.2, -0.15) is 0 Å². The second-order valence-electron chi connectivity index (χ2n) is 7.41. The summed E-state index contributed by atoms with van der Waals surface area (Å²) in [6.45, 7) is 0. The van der Waals surface area contributed by atoms with Crippen molar-refractivity contribution in [1.29, 1.82) is 0 Å². The normalized spacial score (nSPS) is 11.3. The fraction of sp³-hybridized carbons (Fsp3) is 0. The van der Waals surface area contributed by atoms with Gasteiger partial charge in [0.2, 0.25) is 0 Å². The predicted octanol–water partition coefficient (Wildman–Crippen LogP) is 5.60. The van der Waals surface area contributed by atoms with Crippen molar-refractivity contribution < 1.29 is 0 Å². The molecule has 0 atom stereocenters. The lowest BCUT2D eigenvalue weighted by atomic mass is 10.0. The molecule has 5 aromatic rings. The van der Waals surface area contributed by atoms with E-state index in [1.165, 1.54) is 16.7 Å². The minimum Gasteiger partial charge on any atom is -0.354 e. The van der Waals surface area contributed by atoms with E-state index in [9.17, 15) is 0 Å². The largest absolute Gasteiger partial charge is 0.354 e. The summed E-state index contributed by atoms with van der Waals surface area (Å²) in [5, 5.41) is 1.98. The SMILES string of the molecule is C(=Cc1ccccc1)=c1ccc(=Cc2[nH]c(-c3ccccc3)cc2-c2ccccc2)[nH]1. The molecule has 2 aromatic heterocycles. The van der Waals surface area contributed by atoms with Crippen LogP contribution in [-0.2, 0) is 0 Å². The Bertz CT molecular complexity index is 1430. The minimum atomic E-state index is 0.950. The zero-order chi connectivity index (χ0) is 20.9. The average molecular weight is 399 g/mol. The van der Waals surface area contributed by atoms with Crippen LogP contribution in [0.2, 0.25) is 0 Å². The van der Waals surface area contributed by atoms with Crippen LogP contribution in [0.25, 0.3) is 40.3 Å². The molecule has 0 amide bonds. The van der Waals surface area contributed by atoms with E-state index in [4.69, 9.17) is 0 Å². The van der Waals surface area contributed by atoms with Crippen LogP contribution in [-0.4, -0.2) is 9.97 Å². The van der Waals surface area contributed by atoms with E-state index in [-0.39, 0.29) is 0 Å². The number of hydrogen-bond acceptors (Lipinski definition) is 0. The van der Waals surface area contributed by atoms with Crippen molar-refractivity contribution in [2.24, 2.45) is 0 Å². The molecule has 3 aromatic carbocycles. The third kappa shape index (κ3) is 4.35. The molecule has 2 N–H and O–H groups in total. The number of rotatable bonds is 4. The number of aromatic nitrogens is 2. The smallest absolute Gasteiger partial charge is 0.0818 e. The van der Waals surface area contributed by atoms with E-state index in [1.54, 1.807) is 0 Å². The van der Waals surface area contributed by atoms with Gasteiger partial charge in [0.15, 0.2) is 0 Å². The van der Waals surface area contributed by atoms with Crippen molar-refractivity contribution in [3.8, 4) is 22.4 Å². The van der Waals surface area contributed by atoms with E-state index < -0.39 is 0 Å². The fourth-order valence-electron chi connectivity index (χ4n) is 3.66. The molecule has 5 rings (SSSR count). The van der Waals surface area contributed by atoms with Gasteiger partial charge in [-0.05, 0) is 47.0 Å². The lowest BCUT2D eigenvalue weighted by molar-refractivity contribution is 1.26. The first kappa shape index (κ1) is 18.7. The van der Waals surface area contributed by atoms with Crippen LogP contribution in [0.3, 0.4) is 0 Å². The van der Waals surface area contributed by atoms with Gasteiger partial charge in [0.25, 0.3) is 0 Å². The topological polar surface area (TPSA) is 31.6 Å². The first-order valence-corrected chi connectivity index (χ1v) is 10.4. The molecular formula is C29H22N2. The molecule has 0 fully saturated rings. The van der Waals surface area contributed by atoms with Crippen LogP contribution in [0.5, 0.6) is 0 Å². The lowest BCUT2D eigenvalue weighted by Crippen LogP contribution is -2.08. The zero-order valence-electron chi connectivity index (χ0n) is 17.0. The molecule has 0 aliphatic rings. The molecule has 0 aliphatic carbocycles. The van der Waals surface area contributed by atoms with Crippen molar-refractivity contribution in [3.63, 3.8) is 0 Å². The van der Waals surface area contributed by atoms with Crippen molar-refractivity contribution in [1.82, 2.24) is 9.97 Å². The molecule has 2 nitrogen and oxygen atoms in total. The summed E-state index contributed by atoms with van der Waals surface area (Å²) in [5.74, 6) is 0. The molecule has 0 saturated heterocycles. The Kier molecular flexibility index (Phi) is 5.22. The van der Waals surface area contributed by atoms with E-state index in [2.05, 4.69) is 101 Å². The van der Waals surface area contributed by atoms with Gasteiger partial charge in [-0.3, -0.25) is 0 Å². The zero-order valence-corrected chi connectivity index (χ0v) is 17.0. The molecule has 0 unspecified atom stereocenters. The van der Waals surface area contributed by atoms with Gasteiger partial charge in [0.1, 0.15) is 0 Å². The summed E-state index contributed by atoms with van der Waals surface area (Å²) in [4.78, 5) is 7.05. The molecule has 148 valence electrons. The van der Waals surface area contributed by atoms with Crippen LogP contribution < -0.4 is 10.7 Å². The fourth-order valence-corrected chi connectivity index (χ4v) is 3.66. The van der Waals surface area contributed by atoms with Crippen molar-refractivity contribution in [3.05, 3.63) is 131 Å². The standard InChI is InChI=1S/C29H22N2/c1-4-10-22(11-5-1)16-17-25-18-19-26(30-25)20-29-27(23-12-6-2-7-13-23)21-28(31-29)24-14-8-3-9-15-24/h1-16,18-21,30-31H. The van der Waals surface area contributed by atoms with Crippen LogP contribution in [0.4, 0.5) is 0 Å². The van der Waals surface area contributed by atoms with E-state index >= 15 is 0 Å². The summed E-state index contributed by atoms with van der Waals surface area (Å²) in [6, 6.07) is 37.5. The summed E-state index contributed by atoms with van der Waals surface area (Å²) in [5.41, 5.74) is 10.2. The highest BCUT2D eigenvalue weighted by atomic mass is 14.7. The van der Waals surface area contributed by atoms with Crippen LogP contribution in [0.15, 0.2) is 109 Å². The number of nitrogens with one attached hydrogen (secondary N) is 2. The highest BCUT2D eigenvalue weighted by molar-refractivity contribution is 5.79. The van der Waals surface area contributed by atoms with Gasteiger partial charge in [-0.25, -0.2) is 0 Å². The summed E-state index contributed by atoms with van der Waals surface area (Å²) in [7, 11) is 0. The average Bonchev–Trinajstić information content (AvgIpc) is 3.47. The Morgan fingerprint density at radius 3 is 1.97 bits per heavy atom.